The Morgan fingerprint density at radius 3 is 2.34 bits per heavy atom. The van der Waals surface area contributed by atoms with Crippen molar-refractivity contribution in [2.75, 3.05) is 13.7 Å². The summed E-state index contributed by atoms with van der Waals surface area (Å²) in [7, 11) is 1.42. The topological polar surface area (TPSA) is 103 Å². The van der Waals surface area contributed by atoms with E-state index in [4.69, 9.17) is 37.4 Å². The van der Waals surface area contributed by atoms with Crippen LogP contribution >= 0.6 is 23.2 Å². The van der Waals surface area contributed by atoms with E-state index in [1.54, 1.807) is 39.0 Å². The van der Waals surface area contributed by atoms with E-state index in [1.165, 1.54) is 25.3 Å². The van der Waals surface area contributed by atoms with Crippen LogP contribution in [-0.4, -0.2) is 37.2 Å². The van der Waals surface area contributed by atoms with Gasteiger partial charge in [-0.1, -0.05) is 29.3 Å². The molecule has 8 nitrogen and oxygen atoms in total. The van der Waals surface area contributed by atoms with E-state index in [1.807, 2.05) is 0 Å². The molecule has 0 unspecified atom stereocenters. The van der Waals surface area contributed by atoms with E-state index in [9.17, 15) is 14.4 Å². The van der Waals surface area contributed by atoms with Crippen LogP contribution in [0.25, 0.3) is 0 Å². The van der Waals surface area contributed by atoms with Crippen LogP contribution in [0.3, 0.4) is 0 Å². The lowest BCUT2D eigenvalue weighted by Gasteiger charge is -2.20. The SMILES string of the molecule is COc1cc(C(=O)OCC(=O)NC(=O)NC(C)(C)C)ccc1OCc1ccc(Cl)cc1Cl. The van der Waals surface area contributed by atoms with Crippen molar-refractivity contribution in [1.82, 2.24) is 10.6 Å². The van der Waals surface area contributed by atoms with Gasteiger partial charge in [-0.2, -0.15) is 0 Å². The monoisotopic (exact) mass is 482 g/mol. The Bertz CT molecular complexity index is 1000. The highest BCUT2D eigenvalue weighted by atomic mass is 35.5. The third-order valence-corrected chi connectivity index (χ3v) is 4.46. The standard InChI is InChI=1S/C22H24Cl2N2O6/c1-22(2,3)26-21(29)25-19(27)12-32-20(28)13-6-8-17(18(9-13)30-4)31-11-14-5-7-15(23)10-16(14)24/h5-10H,11-12H2,1-4H3,(H2,25,26,27,29). The molecule has 0 aliphatic rings. The number of rotatable bonds is 7. The van der Waals surface area contributed by atoms with Crippen LogP contribution in [0.5, 0.6) is 11.5 Å². The highest BCUT2D eigenvalue weighted by molar-refractivity contribution is 6.35. The van der Waals surface area contributed by atoms with Gasteiger partial charge < -0.3 is 19.5 Å². The highest BCUT2D eigenvalue weighted by Gasteiger charge is 2.18. The first-order valence-corrected chi connectivity index (χ1v) is 10.3. The molecule has 0 heterocycles. The van der Waals surface area contributed by atoms with Crippen molar-refractivity contribution in [3.63, 3.8) is 0 Å². The second-order valence-electron chi connectivity index (χ2n) is 7.72. The molecule has 2 N–H and O–H groups in total. The zero-order chi connectivity index (χ0) is 23.9. The molecule has 0 aromatic heterocycles. The van der Waals surface area contributed by atoms with Crippen LogP contribution in [0, 0.1) is 0 Å². The normalized spacial score (nSPS) is 10.8. The summed E-state index contributed by atoms with van der Waals surface area (Å²) in [5.74, 6) is -0.848. The quantitative estimate of drug-likeness (QED) is 0.568. The Morgan fingerprint density at radius 2 is 1.72 bits per heavy atom. The van der Waals surface area contributed by atoms with Crippen molar-refractivity contribution in [3.05, 3.63) is 57.6 Å². The summed E-state index contributed by atoms with van der Waals surface area (Å²) in [5.41, 5.74) is 0.356. The lowest BCUT2D eigenvalue weighted by atomic mass is 10.1. The lowest BCUT2D eigenvalue weighted by Crippen LogP contribution is -2.49. The summed E-state index contributed by atoms with van der Waals surface area (Å²) in [6.07, 6.45) is 0. The van der Waals surface area contributed by atoms with Crippen LogP contribution < -0.4 is 20.1 Å². The molecule has 0 spiro atoms. The summed E-state index contributed by atoms with van der Waals surface area (Å²) >= 11 is 12.0. The van der Waals surface area contributed by atoms with Crippen LogP contribution in [0.4, 0.5) is 4.79 Å². The molecule has 3 amide bonds. The molecule has 0 saturated carbocycles. The Kier molecular flexibility index (Phi) is 8.74. The Labute approximate surface area is 196 Å². The summed E-state index contributed by atoms with van der Waals surface area (Å²) in [5, 5.41) is 5.63. The van der Waals surface area contributed by atoms with E-state index in [2.05, 4.69) is 10.6 Å². The fourth-order valence-electron chi connectivity index (χ4n) is 2.46. The lowest BCUT2D eigenvalue weighted by molar-refractivity contribution is -0.123. The Morgan fingerprint density at radius 1 is 1.00 bits per heavy atom. The van der Waals surface area contributed by atoms with E-state index in [0.717, 1.165) is 5.56 Å². The maximum Gasteiger partial charge on any atom is 0.338 e. The highest BCUT2D eigenvalue weighted by Crippen LogP contribution is 2.30. The number of urea groups is 1. The van der Waals surface area contributed by atoms with E-state index in [-0.39, 0.29) is 12.2 Å². The number of nitrogens with one attached hydrogen (secondary N) is 2. The van der Waals surface area contributed by atoms with Crippen molar-refractivity contribution in [2.45, 2.75) is 32.9 Å². The summed E-state index contributed by atoms with van der Waals surface area (Å²) in [6.45, 7) is 4.84. The Balaban J connectivity index is 1.95. The van der Waals surface area contributed by atoms with Crippen LogP contribution in [0.1, 0.15) is 36.7 Å². The summed E-state index contributed by atoms with van der Waals surface area (Å²) in [6, 6.07) is 8.81. The molecule has 0 fully saturated rings. The molecule has 2 aromatic rings. The van der Waals surface area contributed by atoms with Gasteiger partial charge in [0.25, 0.3) is 5.91 Å². The minimum Gasteiger partial charge on any atom is -0.493 e. The number of carbonyl (C=O) groups excluding carboxylic acids is 3. The van der Waals surface area contributed by atoms with Gasteiger partial charge in [0.2, 0.25) is 0 Å². The molecule has 172 valence electrons. The first kappa shape index (κ1) is 25.3. The number of methoxy groups -OCH3 is 1. The smallest absolute Gasteiger partial charge is 0.338 e. The largest absolute Gasteiger partial charge is 0.493 e. The van der Waals surface area contributed by atoms with Crippen LogP contribution in [-0.2, 0) is 16.1 Å². The van der Waals surface area contributed by atoms with Crippen molar-refractivity contribution >= 4 is 41.1 Å². The van der Waals surface area contributed by atoms with Crippen molar-refractivity contribution < 1.29 is 28.6 Å². The van der Waals surface area contributed by atoms with E-state index in [0.29, 0.717) is 21.5 Å². The van der Waals surface area contributed by atoms with E-state index < -0.39 is 30.1 Å². The number of hydrogen-bond donors (Lipinski definition) is 2. The minimum absolute atomic E-state index is 0.144. The van der Waals surface area contributed by atoms with Crippen LogP contribution in [0.2, 0.25) is 10.0 Å². The van der Waals surface area contributed by atoms with Crippen molar-refractivity contribution in [2.24, 2.45) is 0 Å². The summed E-state index contributed by atoms with van der Waals surface area (Å²) in [4.78, 5) is 35.8. The van der Waals surface area contributed by atoms with Gasteiger partial charge in [0.1, 0.15) is 6.61 Å². The van der Waals surface area contributed by atoms with Gasteiger partial charge in [-0.05, 0) is 51.1 Å². The number of halogens is 2. The molecule has 0 saturated heterocycles. The van der Waals surface area contributed by atoms with Gasteiger partial charge in [0, 0.05) is 21.1 Å². The molecule has 10 heteroatoms. The average molecular weight is 483 g/mol. The molecular weight excluding hydrogens is 459 g/mol. The molecule has 0 aliphatic carbocycles. The molecule has 0 atom stereocenters. The second kappa shape index (κ2) is 11.1. The molecule has 32 heavy (non-hydrogen) atoms. The predicted molar refractivity (Wildman–Crippen MR) is 120 cm³/mol. The third-order valence-electron chi connectivity index (χ3n) is 3.87. The van der Waals surface area contributed by atoms with Gasteiger partial charge in [-0.15, -0.1) is 0 Å². The zero-order valence-corrected chi connectivity index (χ0v) is 19.6. The molecule has 0 aliphatic heterocycles. The number of hydrogen-bond acceptors (Lipinski definition) is 6. The van der Waals surface area contributed by atoms with E-state index >= 15 is 0 Å². The van der Waals surface area contributed by atoms with Gasteiger partial charge in [-0.25, -0.2) is 9.59 Å². The first-order valence-electron chi connectivity index (χ1n) is 9.52. The van der Waals surface area contributed by atoms with Gasteiger partial charge in [0.05, 0.1) is 12.7 Å². The zero-order valence-electron chi connectivity index (χ0n) is 18.1. The number of carbonyl (C=O) groups is 3. The van der Waals surface area contributed by atoms with Gasteiger partial charge in [-0.3, -0.25) is 10.1 Å². The molecule has 0 bridgehead atoms. The number of imide groups is 1. The minimum atomic E-state index is -0.762. The maximum atomic E-state index is 12.3. The molecular formula is C22H24Cl2N2O6. The van der Waals surface area contributed by atoms with Gasteiger partial charge >= 0.3 is 12.0 Å². The van der Waals surface area contributed by atoms with Crippen molar-refractivity contribution in [1.29, 1.82) is 0 Å². The second-order valence-corrected chi connectivity index (χ2v) is 8.56. The number of esters is 1. The predicted octanol–water partition coefficient (Wildman–Crippen LogP) is 4.36. The fourth-order valence-corrected chi connectivity index (χ4v) is 2.92. The number of amides is 3. The summed E-state index contributed by atoms with van der Waals surface area (Å²) < 4.78 is 16.0. The van der Waals surface area contributed by atoms with Crippen molar-refractivity contribution in [3.8, 4) is 11.5 Å². The van der Waals surface area contributed by atoms with Gasteiger partial charge in [0.15, 0.2) is 18.1 Å². The molecule has 0 radical (unpaired) electrons. The number of benzene rings is 2. The third kappa shape index (κ3) is 7.94. The maximum absolute atomic E-state index is 12.3. The van der Waals surface area contributed by atoms with Crippen LogP contribution in [0.15, 0.2) is 36.4 Å². The first-order chi connectivity index (χ1) is 15.0. The molecule has 2 aromatic carbocycles. The average Bonchev–Trinajstić information content (AvgIpc) is 2.69. The molecule has 2 rings (SSSR count). The number of ether oxygens (including phenoxy) is 3. The fraction of sp³-hybridized carbons (Fsp3) is 0.318. The Hall–Kier alpha value is -2.97.